The molecular formula is C17H20N4O3S. The highest BCUT2D eigenvalue weighted by Crippen LogP contribution is 2.20. The third-order valence-electron chi connectivity index (χ3n) is 3.64. The topological polar surface area (TPSA) is 93.0 Å². The first kappa shape index (κ1) is 17.3. The van der Waals surface area contributed by atoms with Crippen molar-refractivity contribution < 1.29 is 14.1 Å². The third kappa shape index (κ3) is 4.54. The Morgan fingerprint density at radius 3 is 3.00 bits per heavy atom. The predicted molar refractivity (Wildman–Crippen MR) is 96.7 cm³/mol. The van der Waals surface area contributed by atoms with Gasteiger partial charge >= 0.3 is 0 Å². The van der Waals surface area contributed by atoms with Gasteiger partial charge in [-0.05, 0) is 42.6 Å². The van der Waals surface area contributed by atoms with Crippen LogP contribution in [0.25, 0.3) is 11.0 Å². The van der Waals surface area contributed by atoms with E-state index in [0.717, 1.165) is 29.0 Å². The molecule has 0 bridgehead atoms. The molecule has 3 aromatic rings. The van der Waals surface area contributed by atoms with Crippen LogP contribution in [-0.2, 0) is 4.79 Å². The van der Waals surface area contributed by atoms with E-state index in [0.29, 0.717) is 11.6 Å². The smallest absolute Gasteiger partial charge is 0.258 e. The monoisotopic (exact) mass is 360 g/mol. The van der Waals surface area contributed by atoms with E-state index in [2.05, 4.69) is 20.4 Å². The van der Waals surface area contributed by atoms with E-state index in [1.165, 1.54) is 0 Å². The summed E-state index contributed by atoms with van der Waals surface area (Å²) in [5.41, 5.74) is 1.84. The normalized spacial score (nSPS) is 12.2. The molecule has 3 rings (SSSR count). The number of nitrogens with zero attached hydrogens (tertiary/aromatic N) is 2. The Morgan fingerprint density at radius 1 is 1.44 bits per heavy atom. The van der Waals surface area contributed by atoms with Crippen molar-refractivity contribution in [3.05, 3.63) is 41.9 Å². The lowest BCUT2D eigenvalue weighted by Gasteiger charge is -2.16. The summed E-state index contributed by atoms with van der Waals surface area (Å²) >= 11 is 1.72. The Morgan fingerprint density at radius 2 is 2.28 bits per heavy atom. The number of aryl methyl sites for hydroxylation is 1. The lowest BCUT2D eigenvalue weighted by molar-refractivity contribution is -0.124. The largest absolute Gasteiger partial charge is 0.465 e. The molecule has 0 spiro atoms. The first-order chi connectivity index (χ1) is 12.2. The van der Waals surface area contributed by atoms with Gasteiger partial charge in [-0.2, -0.15) is 11.8 Å². The van der Waals surface area contributed by atoms with Gasteiger partial charge in [0, 0.05) is 6.07 Å². The third-order valence-corrected chi connectivity index (χ3v) is 4.29. The van der Waals surface area contributed by atoms with Crippen molar-refractivity contribution >= 4 is 28.7 Å². The molecule has 7 nitrogen and oxygen atoms in total. The number of carbonyl (C=O) groups excluding carboxylic acids is 1. The van der Waals surface area contributed by atoms with Crippen LogP contribution in [-0.4, -0.2) is 39.6 Å². The van der Waals surface area contributed by atoms with Gasteiger partial charge in [-0.3, -0.25) is 4.79 Å². The number of aromatic amines is 1. The van der Waals surface area contributed by atoms with E-state index >= 15 is 0 Å². The molecule has 2 aromatic heterocycles. The van der Waals surface area contributed by atoms with Gasteiger partial charge in [0.25, 0.3) is 11.8 Å². The van der Waals surface area contributed by atoms with Crippen molar-refractivity contribution in [3.8, 4) is 5.88 Å². The number of imidazole rings is 1. The molecule has 2 N–H and O–H groups in total. The number of ether oxygens (including phenoxy) is 1. The quantitative estimate of drug-likeness (QED) is 0.642. The van der Waals surface area contributed by atoms with Gasteiger partial charge in [0.15, 0.2) is 6.61 Å². The standard InChI is InChI=1S/C17H20N4O3S/c1-11-9-16(21-24-11)23-10-15(22)18-14(7-8-25-2)17-19-12-5-3-4-6-13(12)20-17/h3-6,9,14H,7-8,10H2,1-2H3,(H,18,22)(H,19,20)/t14-/m0/s1. The zero-order valence-electron chi connectivity index (χ0n) is 14.1. The van der Waals surface area contributed by atoms with Crippen LogP contribution in [0.1, 0.15) is 24.0 Å². The van der Waals surface area contributed by atoms with Crippen molar-refractivity contribution in [1.82, 2.24) is 20.4 Å². The molecule has 0 aliphatic heterocycles. The Balaban J connectivity index is 1.66. The Hall–Kier alpha value is -2.48. The lowest BCUT2D eigenvalue weighted by Crippen LogP contribution is -2.33. The summed E-state index contributed by atoms with van der Waals surface area (Å²) in [5, 5.41) is 6.68. The van der Waals surface area contributed by atoms with Crippen LogP contribution in [0.15, 0.2) is 34.9 Å². The molecule has 1 aromatic carbocycles. The fourth-order valence-corrected chi connectivity index (χ4v) is 2.91. The molecule has 0 aliphatic carbocycles. The van der Waals surface area contributed by atoms with Crippen LogP contribution >= 0.6 is 11.8 Å². The number of fused-ring (bicyclic) bond motifs is 1. The number of para-hydroxylation sites is 2. The molecular weight excluding hydrogens is 340 g/mol. The number of hydrogen-bond donors (Lipinski definition) is 2. The van der Waals surface area contributed by atoms with E-state index in [4.69, 9.17) is 9.26 Å². The second-order valence-corrected chi connectivity index (χ2v) is 6.59. The second kappa shape index (κ2) is 8.06. The lowest BCUT2D eigenvalue weighted by atomic mass is 10.2. The highest BCUT2D eigenvalue weighted by atomic mass is 32.2. The average molecular weight is 360 g/mol. The summed E-state index contributed by atoms with van der Waals surface area (Å²) in [7, 11) is 0. The van der Waals surface area contributed by atoms with Crippen LogP contribution in [0, 0.1) is 6.92 Å². The number of amides is 1. The summed E-state index contributed by atoms with van der Waals surface area (Å²) in [4.78, 5) is 20.1. The molecule has 1 amide bonds. The fraction of sp³-hybridized carbons (Fsp3) is 0.353. The molecule has 0 fully saturated rings. The van der Waals surface area contributed by atoms with Gasteiger partial charge in [-0.25, -0.2) is 4.98 Å². The number of benzene rings is 1. The predicted octanol–water partition coefficient (Wildman–Crippen LogP) is 2.85. The average Bonchev–Trinajstić information content (AvgIpc) is 3.22. The van der Waals surface area contributed by atoms with E-state index in [9.17, 15) is 4.79 Å². The van der Waals surface area contributed by atoms with Crippen molar-refractivity contribution in [2.24, 2.45) is 0 Å². The van der Waals surface area contributed by atoms with Gasteiger partial charge in [-0.15, -0.1) is 0 Å². The SMILES string of the molecule is CSCC[C@H](NC(=O)COc1cc(C)on1)c1nc2ccccc2[nH]1. The summed E-state index contributed by atoms with van der Waals surface area (Å²) in [5.74, 6) is 2.37. The van der Waals surface area contributed by atoms with Crippen molar-refractivity contribution in [2.45, 2.75) is 19.4 Å². The van der Waals surface area contributed by atoms with Gasteiger partial charge in [0.2, 0.25) is 0 Å². The number of hydrogen-bond acceptors (Lipinski definition) is 6. The van der Waals surface area contributed by atoms with Gasteiger partial charge in [-0.1, -0.05) is 12.1 Å². The van der Waals surface area contributed by atoms with E-state index in [-0.39, 0.29) is 18.6 Å². The zero-order chi connectivity index (χ0) is 17.6. The van der Waals surface area contributed by atoms with Crippen molar-refractivity contribution in [3.63, 3.8) is 0 Å². The second-order valence-electron chi connectivity index (χ2n) is 5.61. The number of aromatic nitrogens is 3. The summed E-state index contributed by atoms with van der Waals surface area (Å²) < 4.78 is 10.2. The summed E-state index contributed by atoms with van der Waals surface area (Å²) in [6, 6.07) is 9.24. The fourth-order valence-electron chi connectivity index (χ4n) is 2.44. The maximum Gasteiger partial charge on any atom is 0.258 e. The molecule has 8 heteroatoms. The summed E-state index contributed by atoms with van der Waals surface area (Å²) in [6.45, 7) is 1.64. The molecule has 0 unspecified atom stereocenters. The minimum absolute atomic E-state index is 0.123. The highest BCUT2D eigenvalue weighted by molar-refractivity contribution is 7.98. The maximum absolute atomic E-state index is 12.2. The molecule has 25 heavy (non-hydrogen) atoms. The zero-order valence-corrected chi connectivity index (χ0v) is 14.9. The summed E-state index contributed by atoms with van der Waals surface area (Å²) in [6.07, 6.45) is 2.81. The molecule has 0 saturated heterocycles. The molecule has 0 radical (unpaired) electrons. The molecule has 0 saturated carbocycles. The van der Waals surface area contributed by atoms with Crippen LogP contribution in [0.4, 0.5) is 0 Å². The van der Waals surface area contributed by atoms with Crippen LogP contribution in [0.2, 0.25) is 0 Å². The molecule has 2 heterocycles. The van der Waals surface area contributed by atoms with Gasteiger partial charge < -0.3 is 19.6 Å². The van der Waals surface area contributed by atoms with Crippen molar-refractivity contribution in [2.75, 3.05) is 18.6 Å². The van der Waals surface area contributed by atoms with Crippen molar-refractivity contribution in [1.29, 1.82) is 0 Å². The van der Waals surface area contributed by atoms with Crippen LogP contribution in [0.5, 0.6) is 5.88 Å². The molecule has 0 aliphatic rings. The highest BCUT2D eigenvalue weighted by Gasteiger charge is 2.18. The van der Waals surface area contributed by atoms with E-state index < -0.39 is 0 Å². The Bertz CT molecular complexity index is 812. The number of H-pyrrole nitrogens is 1. The molecule has 132 valence electrons. The maximum atomic E-state index is 12.2. The first-order valence-corrected chi connectivity index (χ1v) is 9.34. The number of thioether (sulfide) groups is 1. The first-order valence-electron chi connectivity index (χ1n) is 7.95. The number of rotatable bonds is 8. The Kier molecular flexibility index (Phi) is 5.60. The van der Waals surface area contributed by atoms with Gasteiger partial charge in [0.1, 0.15) is 11.6 Å². The van der Waals surface area contributed by atoms with E-state index in [1.54, 1.807) is 24.8 Å². The van der Waals surface area contributed by atoms with Crippen LogP contribution in [0.3, 0.4) is 0 Å². The van der Waals surface area contributed by atoms with Crippen LogP contribution < -0.4 is 10.1 Å². The number of nitrogens with one attached hydrogen (secondary N) is 2. The Labute approximate surface area is 149 Å². The molecule has 1 atom stereocenters. The van der Waals surface area contributed by atoms with E-state index in [1.807, 2.05) is 30.5 Å². The van der Waals surface area contributed by atoms with Gasteiger partial charge in [0.05, 0.1) is 17.1 Å². The minimum Gasteiger partial charge on any atom is -0.465 e. The minimum atomic E-state index is -0.229. The number of carbonyl (C=O) groups is 1.